The Morgan fingerprint density at radius 1 is 1.00 bits per heavy atom. The normalized spacial score (nSPS) is 11.3. The number of nitrogens with one attached hydrogen (secondary N) is 2. The molecule has 10 N–H and O–H groups in total. The van der Waals surface area contributed by atoms with Crippen molar-refractivity contribution in [2.45, 2.75) is 25.4 Å². The fourth-order valence-electron chi connectivity index (χ4n) is 2.28. The lowest BCUT2D eigenvalue weighted by Gasteiger charge is -2.04. The maximum absolute atomic E-state index is 12.1. The third kappa shape index (κ3) is 20.7. The number of aromatic nitrogens is 4. The summed E-state index contributed by atoms with van der Waals surface area (Å²) in [4.78, 5) is 49.7. The highest BCUT2D eigenvalue weighted by molar-refractivity contribution is 7.13. The number of aryl methyl sites for hydroxylation is 2. The number of thiazole rings is 1. The van der Waals surface area contributed by atoms with E-state index in [9.17, 15) is 32.3 Å². The van der Waals surface area contributed by atoms with Crippen LogP contribution in [0.1, 0.15) is 18.5 Å². The minimum absolute atomic E-state index is 0.218. The Hall–Kier alpha value is -5.21. The number of hydrogen-bond acceptors (Lipinski definition) is 11. The molecule has 0 aliphatic rings. The van der Waals surface area contributed by atoms with Gasteiger partial charge in [-0.15, -0.1) is 16.4 Å². The van der Waals surface area contributed by atoms with Crippen molar-refractivity contribution in [1.29, 1.82) is 0 Å². The molecule has 0 aliphatic heterocycles. The minimum atomic E-state index is -4.38. The van der Waals surface area contributed by atoms with Crippen LogP contribution in [-0.4, -0.2) is 89.3 Å². The van der Waals surface area contributed by atoms with Crippen molar-refractivity contribution in [1.82, 2.24) is 19.7 Å². The molecule has 2 rings (SSSR count). The highest BCUT2D eigenvalue weighted by Crippen LogP contribution is 2.18. The summed E-state index contributed by atoms with van der Waals surface area (Å²) < 4.78 is 37.8. The number of hydrogen-bond donors (Lipinski definition) is 8. The van der Waals surface area contributed by atoms with Crippen molar-refractivity contribution in [2.24, 2.45) is 17.8 Å². The number of carboxylic acids is 4. The highest BCUT2D eigenvalue weighted by Gasteiger charge is 2.26. The molecule has 0 atom stereocenters. The molecule has 0 fully saturated rings. The average Bonchev–Trinajstić information content (AvgIpc) is 3.44. The van der Waals surface area contributed by atoms with Crippen LogP contribution in [0, 0.1) is 0 Å². The zero-order chi connectivity index (χ0) is 32.3. The van der Waals surface area contributed by atoms with E-state index in [2.05, 4.69) is 30.7 Å². The van der Waals surface area contributed by atoms with Gasteiger partial charge in [-0.1, -0.05) is 0 Å². The number of guanidine groups is 1. The standard InChI is InChI=1S/C13H20F3N9S.2C4H4O4/c1-25-11(22-10(18)24-25)19-5-3-2-4-8-6-26-12(21-8)23-9(17)20-7-13(14,15)16;2*5-3(6)1-2-4(7)8/h6H,2-5,7H2,1H3,(H3,17,20,21,23)(H3,18,19,22,24);2*1-2H,(H,5,6)(H,7,8). The van der Waals surface area contributed by atoms with Crippen LogP contribution >= 0.6 is 11.3 Å². The van der Waals surface area contributed by atoms with Gasteiger partial charge in [0.1, 0.15) is 6.54 Å². The number of nitrogens with zero attached hydrogens (tertiary/aromatic N) is 5. The Kier molecular flexibility index (Phi) is 16.6. The molecule has 2 heterocycles. The molecule has 0 aliphatic carbocycles. The smallest absolute Gasteiger partial charge is 0.408 e. The molecule has 0 saturated heterocycles. The van der Waals surface area contributed by atoms with E-state index < -0.39 is 36.6 Å². The molecule has 0 unspecified atom stereocenters. The number of rotatable bonds is 12. The number of carboxylic acid groups (broad SMARTS) is 4. The van der Waals surface area contributed by atoms with Gasteiger partial charge >= 0.3 is 30.1 Å². The number of carbonyl (C=O) groups is 4. The van der Waals surface area contributed by atoms with Gasteiger partial charge in [0.25, 0.3) is 0 Å². The van der Waals surface area contributed by atoms with Crippen LogP contribution in [0.15, 0.2) is 34.7 Å². The van der Waals surface area contributed by atoms with Gasteiger partial charge in [-0.25, -0.2) is 33.8 Å². The fourth-order valence-corrected chi connectivity index (χ4v) is 3.03. The van der Waals surface area contributed by atoms with Crippen LogP contribution in [0.5, 0.6) is 0 Å². The fraction of sp³-hybridized carbons (Fsp3) is 0.333. The molecular weight excluding hydrogens is 595 g/mol. The zero-order valence-electron chi connectivity index (χ0n) is 21.8. The Morgan fingerprint density at radius 2 is 1.52 bits per heavy atom. The first kappa shape index (κ1) is 36.8. The summed E-state index contributed by atoms with van der Waals surface area (Å²) in [5.74, 6) is -4.51. The highest BCUT2D eigenvalue weighted by atomic mass is 32.1. The van der Waals surface area contributed by atoms with E-state index in [0.29, 0.717) is 41.9 Å². The third-order valence-corrected chi connectivity index (χ3v) is 4.68. The van der Waals surface area contributed by atoms with Crippen molar-refractivity contribution in [3.05, 3.63) is 35.4 Å². The van der Waals surface area contributed by atoms with Crippen LogP contribution in [0.25, 0.3) is 0 Å². The van der Waals surface area contributed by atoms with Crippen molar-refractivity contribution in [3.63, 3.8) is 0 Å². The zero-order valence-corrected chi connectivity index (χ0v) is 22.6. The van der Waals surface area contributed by atoms with Gasteiger partial charge in [0.2, 0.25) is 11.9 Å². The number of alkyl halides is 3. The molecule has 42 heavy (non-hydrogen) atoms. The topological polar surface area (TPSA) is 281 Å². The largest absolute Gasteiger partial charge is 0.478 e. The van der Waals surface area contributed by atoms with Crippen LogP contribution in [0.3, 0.4) is 0 Å². The van der Waals surface area contributed by atoms with E-state index >= 15 is 0 Å². The van der Waals surface area contributed by atoms with Crippen LogP contribution in [-0.2, 0) is 32.6 Å². The predicted octanol–water partition coefficient (Wildman–Crippen LogP) is 1.00. The first-order valence-electron chi connectivity index (χ1n) is 11.2. The summed E-state index contributed by atoms with van der Waals surface area (Å²) in [5, 5.41) is 43.1. The quantitative estimate of drug-likeness (QED) is 0.0708. The maximum Gasteiger partial charge on any atom is 0.408 e. The molecule has 0 amide bonds. The number of halogens is 3. The number of unbranched alkanes of at least 4 members (excludes halogenated alkanes) is 1. The number of nitrogens with two attached hydrogens (primary N) is 2. The van der Waals surface area contributed by atoms with Gasteiger partial charge in [-0.3, -0.25) is 0 Å². The van der Waals surface area contributed by atoms with Gasteiger partial charge in [0.05, 0.1) is 5.69 Å². The summed E-state index contributed by atoms with van der Waals surface area (Å²) in [5.41, 5.74) is 11.7. The van der Waals surface area contributed by atoms with Crippen molar-refractivity contribution in [3.8, 4) is 0 Å². The summed E-state index contributed by atoms with van der Waals surface area (Å²) >= 11 is 1.26. The number of aliphatic imine (C=N–C) groups is 1. The molecule has 2 aromatic rings. The maximum atomic E-state index is 12.1. The first-order chi connectivity index (χ1) is 19.5. The number of nitrogen functional groups attached to an aromatic ring is 1. The lowest BCUT2D eigenvalue weighted by molar-refractivity contribution is -0.134. The molecule has 0 bridgehead atoms. The van der Waals surface area contributed by atoms with Crippen LogP contribution < -0.4 is 22.1 Å². The van der Waals surface area contributed by atoms with Crippen LogP contribution in [0.2, 0.25) is 0 Å². The number of aliphatic carboxylic acids is 4. The van der Waals surface area contributed by atoms with Gasteiger partial charge in [-0.05, 0) is 19.3 Å². The molecule has 0 aromatic carbocycles. The molecule has 0 spiro atoms. The van der Waals surface area contributed by atoms with Gasteiger partial charge in [-0.2, -0.15) is 18.2 Å². The van der Waals surface area contributed by atoms with Gasteiger partial charge in [0, 0.05) is 43.3 Å². The van der Waals surface area contributed by atoms with E-state index in [4.69, 9.17) is 31.9 Å². The third-order valence-electron chi connectivity index (χ3n) is 3.87. The first-order valence-corrected chi connectivity index (χ1v) is 12.1. The minimum Gasteiger partial charge on any atom is -0.478 e. The summed E-state index contributed by atoms with van der Waals surface area (Å²) in [6, 6.07) is 0. The van der Waals surface area contributed by atoms with E-state index in [0.717, 1.165) is 25.0 Å². The Morgan fingerprint density at radius 3 is 1.95 bits per heavy atom. The predicted molar refractivity (Wildman–Crippen MR) is 144 cm³/mol. The van der Waals surface area contributed by atoms with E-state index in [1.54, 1.807) is 11.7 Å². The molecule has 0 saturated carbocycles. The summed E-state index contributed by atoms with van der Waals surface area (Å²) in [6.45, 7) is -0.619. The second kappa shape index (κ2) is 19.0. The van der Waals surface area contributed by atoms with E-state index in [1.165, 1.54) is 11.3 Å². The van der Waals surface area contributed by atoms with Crippen molar-refractivity contribution < 1.29 is 52.8 Å². The second-order valence-electron chi connectivity index (χ2n) is 7.41. The van der Waals surface area contributed by atoms with E-state index in [-0.39, 0.29) is 11.9 Å². The SMILES string of the molecule is Cn1nc(N)nc1NCCCCc1csc(NC(N)=NCC(F)(F)F)n1.O=C(O)C=CC(=O)O.O=C(O)C=CC(=O)O. The second-order valence-corrected chi connectivity index (χ2v) is 8.26. The molecular formula is C21H28F3N9O8S. The lowest BCUT2D eigenvalue weighted by Crippen LogP contribution is -2.25. The number of anilines is 3. The summed E-state index contributed by atoms with van der Waals surface area (Å²) in [7, 11) is 1.75. The average molecular weight is 624 g/mol. The van der Waals surface area contributed by atoms with Crippen molar-refractivity contribution >= 4 is 58.2 Å². The van der Waals surface area contributed by atoms with Crippen LogP contribution in [0.4, 0.5) is 30.2 Å². The van der Waals surface area contributed by atoms with E-state index in [1.807, 2.05) is 5.38 Å². The molecule has 21 heteroatoms. The van der Waals surface area contributed by atoms with Gasteiger partial charge in [0.15, 0.2) is 11.1 Å². The molecule has 232 valence electrons. The molecule has 0 radical (unpaired) electrons. The summed E-state index contributed by atoms with van der Waals surface area (Å²) in [6.07, 6.45) is 0.338. The molecule has 2 aromatic heterocycles. The molecule has 17 nitrogen and oxygen atoms in total. The lowest BCUT2D eigenvalue weighted by atomic mass is 10.2. The van der Waals surface area contributed by atoms with Crippen molar-refractivity contribution in [2.75, 3.05) is 29.5 Å². The Balaban J connectivity index is 0.000000861. The van der Waals surface area contributed by atoms with Gasteiger partial charge < -0.3 is 42.5 Å². The monoisotopic (exact) mass is 623 g/mol. The Labute approximate surface area is 239 Å². The Bertz CT molecular complexity index is 1210.